The molecule has 0 fully saturated rings. The SMILES string of the molecule is Cc1nnc(-c2ccc(-c3cnc4[nH]cc(C(=O)C(C)(C)C)c4n3)cc2)o1. The van der Waals surface area contributed by atoms with Crippen molar-refractivity contribution in [1.82, 2.24) is 25.1 Å². The molecule has 0 bridgehead atoms. The predicted octanol–water partition coefficient (Wildman–Crippen LogP) is 4.21. The Hall–Kier alpha value is -3.35. The molecule has 0 unspecified atom stereocenters. The Labute approximate surface area is 155 Å². The number of hydrogen-bond donors (Lipinski definition) is 1. The van der Waals surface area contributed by atoms with E-state index in [0.717, 1.165) is 11.1 Å². The highest BCUT2D eigenvalue weighted by atomic mass is 16.4. The van der Waals surface area contributed by atoms with Gasteiger partial charge < -0.3 is 9.40 Å². The van der Waals surface area contributed by atoms with E-state index in [0.29, 0.717) is 34.2 Å². The normalized spacial score (nSPS) is 11.9. The number of aromatic nitrogens is 5. The first-order valence-electron chi connectivity index (χ1n) is 8.63. The minimum Gasteiger partial charge on any atom is -0.421 e. The summed E-state index contributed by atoms with van der Waals surface area (Å²) in [5, 5.41) is 7.86. The molecule has 3 aromatic heterocycles. The van der Waals surface area contributed by atoms with Crippen LogP contribution in [-0.2, 0) is 0 Å². The molecule has 0 aliphatic heterocycles. The largest absolute Gasteiger partial charge is 0.421 e. The number of aromatic amines is 1. The molecule has 0 aliphatic rings. The summed E-state index contributed by atoms with van der Waals surface area (Å²) in [6.07, 6.45) is 3.37. The average molecular weight is 361 g/mol. The van der Waals surface area contributed by atoms with Crippen LogP contribution in [-0.4, -0.2) is 30.9 Å². The number of carbonyl (C=O) groups is 1. The minimum absolute atomic E-state index is 0.0299. The van der Waals surface area contributed by atoms with E-state index >= 15 is 0 Å². The van der Waals surface area contributed by atoms with E-state index in [1.54, 1.807) is 19.3 Å². The number of carbonyl (C=O) groups excluding carboxylic acids is 1. The maximum Gasteiger partial charge on any atom is 0.247 e. The number of rotatable bonds is 3. The summed E-state index contributed by atoms with van der Waals surface area (Å²) in [5.74, 6) is 1.03. The van der Waals surface area contributed by atoms with Gasteiger partial charge in [0.15, 0.2) is 11.4 Å². The van der Waals surface area contributed by atoms with E-state index < -0.39 is 5.41 Å². The number of ketones is 1. The van der Waals surface area contributed by atoms with Crippen LogP contribution in [0.4, 0.5) is 0 Å². The molecule has 1 N–H and O–H groups in total. The third kappa shape index (κ3) is 3.12. The molecule has 27 heavy (non-hydrogen) atoms. The molecular formula is C20H19N5O2. The molecule has 0 saturated heterocycles. The Balaban J connectivity index is 1.72. The molecule has 0 atom stereocenters. The molecule has 0 radical (unpaired) electrons. The third-order valence-electron chi connectivity index (χ3n) is 4.26. The highest BCUT2D eigenvalue weighted by molar-refractivity contribution is 6.08. The van der Waals surface area contributed by atoms with Crippen molar-refractivity contribution in [2.45, 2.75) is 27.7 Å². The summed E-state index contributed by atoms with van der Waals surface area (Å²) >= 11 is 0. The van der Waals surface area contributed by atoms with Crippen LogP contribution >= 0.6 is 0 Å². The minimum atomic E-state index is -0.489. The molecule has 7 heteroatoms. The van der Waals surface area contributed by atoms with Crippen LogP contribution in [0.25, 0.3) is 33.9 Å². The molecule has 1 aromatic carbocycles. The van der Waals surface area contributed by atoms with Gasteiger partial charge in [-0.1, -0.05) is 32.9 Å². The van der Waals surface area contributed by atoms with E-state index in [2.05, 4.69) is 25.1 Å². The van der Waals surface area contributed by atoms with Gasteiger partial charge in [-0.2, -0.15) is 0 Å². The molecule has 0 aliphatic carbocycles. The quantitative estimate of drug-likeness (QED) is 0.549. The molecular weight excluding hydrogens is 342 g/mol. The monoisotopic (exact) mass is 361 g/mol. The molecule has 136 valence electrons. The lowest BCUT2D eigenvalue weighted by atomic mass is 9.87. The van der Waals surface area contributed by atoms with Gasteiger partial charge >= 0.3 is 0 Å². The zero-order valence-electron chi connectivity index (χ0n) is 15.6. The molecule has 0 saturated carbocycles. The average Bonchev–Trinajstić information content (AvgIpc) is 3.26. The van der Waals surface area contributed by atoms with Crippen LogP contribution in [0.5, 0.6) is 0 Å². The molecule has 3 heterocycles. The third-order valence-corrected chi connectivity index (χ3v) is 4.26. The van der Waals surface area contributed by atoms with Gasteiger partial charge in [-0.3, -0.25) is 4.79 Å². The summed E-state index contributed by atoms with van der Waals surface area (Å²) in [4.78, 5) is 24.8. The Morgan fingerprint density at radius 1 is 1.07 bits per heavy atom. The van der Waals surface area contributed by atoms with Crippen LogP contribution in [0.2, 0.25) is 0 Å². The van der Waals surface area contributed by atoms with Crippen molar-refractivity contribution < 1.29 is 9.21 Å². The number of H-pyrrole nitrogens is 1. The Morgan fingerprint density at radius 3 is 2.41 bits per heavy atom. The number of benzene rings is 1. The number of nitrogens with zero attached hydrogens (tertiary/aromatic N) is 4. The van der Waals surface area contributed by atoms with Crippen LogP contribution < -0.4 is 0 Å². The number of fused-ring (bicyclic) bond motifs is 1. The fraction of sp³-hybridized carbons (Fsp3) is 0.250. The van der Waals surface area contributed by atoms with Gasteiger partial charge in [-0.15, -0.1) is 10.2 Å². The number of Topliss-reactive ketones (excluding diaryl/α,β-unsaturated/α-hetero) is 1. The van der Waals surface area contributed by atoms with Crippen LogP contribution in [0.1, 0.15) is 37.0 Å². The summed E-state index contributed by atoms with van der Waals surface area (Å²) < 4.78 is 5.44. The van der Waals surface area contributed by atoms with Crippen molar-refractivity contribution in [3.05, 3.63) is 48.1 Å². The zero-order valence-corrected chi connectivity index (χ0v) is 15.6. The van der Waals surface area contributed by atoms with E-state index in [-0.39, 0.29) is 5.78 Å². The van der Waals surface area contributed by atoms with Gasteiger partial charge in [0.1, 0.15) is 5.52 Å². The van der Waals surface area contributed by atoms with Crippen LogP contribution in [0, 0.1) is 12.3 Å². The number of hydrogen-bond acceptors (Lipinski definition) is 6. The smallest absolute Gasteiger partial charge is 0.247 e. The zero-order chi connectivity index (χ0) is 19.2. The van der Waals surface area contributed by atoms with Gasteiger partial charge in [0.25, 0.3) is 0 Å². The van der Waals surface area contributed by atoms with Crippen molar-refractivity contribution in [1.29, 1.82) is 0 Å². The van der Waals surface area contributed by atoms with Crippen molar-refractivity contribution in [3.8, 4) is 22.7 Å². The lowest BCUT2D eigenvalue weighted by Crippen LogP contribution is -2.20. The Kier molecular flexibility index (Phi) is 3.87. The number of aryl methyl sites for hydroxylation is 1. The second-order valence-electron chi connectivity index (χ2n) is 7.44. The second kappa shape index (κ2) is 6.12. The van der Waals surface area contributed by atoms with Crippen molar-refractivity contribution in [2.75, 3.05) is 0 Å². The van der Waals surface area contributed by atoms with E-state index in [9.17, 15) is 4.79 Å². The summed E-state index contributed by atoms with van der Waals surface area (Å²) in [6, 6.07) is 7.63. The number of nitrogens with one attached hydrogen (secondary N) is 1. The van der Waals surface area contributed by atoms with Crippen LogP contribution in [0.3, 0.4) is 0 Å². The fourth-order valence-electron chi connectivity index (χ4n) is 2.80. The van der Waals surface area contributed by atoms with Crippen molar-refractivity contribution >= 4 is 16.9 Å². The van der Waals surface area contributed by atoms with Gasteiger partial charge in [0.2, 0.25) is 11.8 Å². The molecule has 4 aromatic rings. The standard InChI is InChI=1S/C20H19N5O2/c1-11-24-25-19(27-11)13-7-5-12(6-8-13)15-10-22-18-16(23-15)14(9-21-18)17(26)20(2,3)4/h5-10H,1-4H3,(H,21,22). The second-order valence-corrected chi connectivity index (χ2v) is 7.44. The van der Waals surface area contributed by atoms with Crippen LogP contribution in [0.15, 0.2) is 41.1 Å². The van der Waals surface area contributed by atoms with Gasteiger partial charge in [0.05, 0.1) is 17.5 Å². The Bertz CT molecular complexity index is 1130. The van der Waals surface area contributed by atoms with Gasteiger partial charge in [0, 0.05) is 29.7 Å². The summed E-state index contributed by atoms with van der Waals surface area (Å²) in [5.41, 5.74) is 3.67. The lowest BCUT2D eigenvalue weighted by molar-refractivity contribution is 0.0860. The first-order chi connectivity index (χ1) is 12.8. The summed E-state index contributed by atoms with van der Waals surface area (Å²) in [6.45, 7) is 7.43. The maximum atomic E-state index is 12.7. The van der Waals surface area contributed by atoms with Gasteiger partial charge in [-0.05, 0) is 12.1 Å². The van der Waals surface area contributed by atoms with Gasteiger partial charge in [-0.25, -0.2) is 9.97 Å². The highest BCUT2D eigenvalue weighted by Crippen LogP contribution is 2.28. The molecule has 7 nitrogen and oxygen atoms in total. The summed E-state index contributed by atoms with van der Waals surface area (Å²) in [7, 11) is 0. The predicted molar refractivity (Wildman–Crippen MR) is 101 cm³/mol. The highest BCUT2D eigenvalue weighted by Gasteiger charge is 2.26. The maximum absolute atomic E-state index is 12.7. The van der Waals surface area contributed by atoms with E-state index in [4.69, 9.17) is 4.42 Å². The topological polar surface area (TPSA) is 97.6 Å². The van der Waals surface area contributed by atoms with E-state index in [1.807, 2.05) is 45.0 Å². The lowest BCUT2D eigenvalue weighted by Gasteiger charge is -2.15. The molecule has 0 spiro atoms. The Morgan fingerprint density at radius 2 is 1.78 bits per heavy atom. The van der Waals surface area contributed by atoms with Crippen molar-refractivity contribution in [2.24, 2.45) is 5.41 Å². The first-order valence-corrected chi connectivity index (χ1v) is 8.63. The molecule has 4 rings (SSSR count). The van der Waals surface area contributed by atoms with E-state index in [1.165, 1.54) is 0 Å². The fourth-order valence-corrected chi connectivity index (χ4v) is 2.80. The molecule has 0 amide bonds. The first kappa shape index (κ1) is 17.1. The van der Waals surface area contributed by atoms with Crippen molar-refractivity contribution in [3.63, 3.8) is 0 Å².